The number of rotatable bonds is 19. The SMILES string of the molecule is CCCCCCCCCCCCCCCCCC(=O)C(CO)S(=O)(=O)O. The van der Waals surface area contributed by atoms with Gasteiger partial charge in [-0.1, -0.05) is 96.8 Å². The van der Waals surface area contributed by atoms with Gasteiger partial charge in [-0.05, 0) is 6.42 Å². The Hall–Kier alpha value is -0.460. The maximum absolute atomic E-state index is 11.7. The lowest BCUT2D eigenvalue weighted by Crippen LogP contribution is -2.33. The minimum Gasteiger partial charge on any atom is -0.394 e. The molecule has 0 saturated carbocycles. The third-order valence-corrected chi connectivity index (χ3v) is 6.04. The second-order valence-corrected chi connectivity index (χ2v) is 8.95. The van der Waals surface area contributed by atoms with Crippen molar-refractivity contribution in [3.05, 3.63) is 0 Å². The van der Waals surface area contributed by atoms with E-state index in [-0.39, 0.29) is 6.42 Å². The summed E-state index contributed by atoms with van der Waals surface area (Å²) in [7, 11) is -4.48. The second kappa shape index (κ2) is 16.7. The molecule has 0 heterocycles. The standard InChI is InChI=1S/C20H40O5S/c1-2-3-4-5-6-7-8-9-10-11-12-13-14-15-16-17-19(22)20(18-21)26(23,24)25/h20-21H,2-18H2,1H3,(H,23,24,25). The number of Topliss-reactive ketones (excluding diaryl/α,β-unsaturated/α-hetero) is 1. The summed E-state index contributed by atoms with van der Waals surface area (Å²) in [5, 5.41) is 7.23. The molecule has 26 heavy (non-hydrogen) atoms. The average Bonchev–Trinajstić information content (AvgIpc) is 2.57. The van der Waals surface area contributed by atoms with Gasteiger partial charge in [0, 0.05) is 6.42 Å². The number of carbonyl (C=O) groups excluding carboxylic acids is 1. The highest BCUT2D eigenvalue weighted by molar-refractivity contribution is 7.87. The van der Waals surface area contributed by atoms with Gasteiger partial charge in [0.2, 0.25) is 0 Å². The zero-order valence-electron chi connectivity index (χ0n) is 16.6. The van der Waals surface area contributed by atoms with Crippen LogP contribution in [0.25, 0.3) is 0 Å². The number of aliphatic hydroxyl groups is 1. The molecule has 1 atom stereocenters. The number of aliphatic hydroxyl groups excluding tert-OH is 1. The van der Waals surface area contributed by atoms with Crippen molar-refractivity contribution >= 4 is 15.9 Å². The molecule has 0 aromatic carbocycles. The van der Waals surface area contributed by atoms with Gasteiger partial charge in [-0.15, -0.1) is 0 Å². The fraction of sp³-hybridized carbons (Fsp3) is 0.950. The fourth-order valence-corrected chi connectivity index (χ4v) is 3.83. The molecule has 0 rings (SSSR count). The molecule has 2 N–H and O–H groups in total. The largest absolute Gasteiger partial charge is 0.394 e. The van der Waals surface area contributed by atoms with Crippen molar-refractivity contribution in [2.45, 2.75) is 115 Å². The highest BCUT2D eigenvalue weighted by Gasteiger charge is 2.29. The Balaban J connectivity index is 3.38. The van der Waals surface area contributed by atoms with E-state index in [1.54, 1.807) is 0 Å². The van der Waals surface area contributed by atoms with Crippen LogP contribution in [0, 0.1) is 0 Å². The van der Waals surface area contributed by atoms with E-state index in [1.165, 1.54) is 70.6 Å². The summed E-state index contributed by atoms with van der Waals surface area (Å²) in [6.45, 7) is 1.40. The molecule has 6 heteroatoms. The Morgan fingerprint density at radius 1 is 0.731 bits per heavy atom. The molecular formula is C20H40O5S. The maximum Gasteiger partial charge on any atom is 0.277 e. The van der Waals surface area contributed by atoms with E-state index in [9.17, 15) is 13.2 Å². The second-order valence-electron chi connectivity index (χ2n) is 7.35. The number of unbranched alkanes of at least 4 members (excludes halogenated alkanes) is 14. The Kier molecular flexibility index (Phi) is 16.4. The molecule has 0 amide bonds. The quantitative estimate of drug-likeness (QED) is 0.237. The Bertz CT molecular complexity index is 433. The molecule has 0 aromatic rings. The first-order chi connectivity index (χ1) is 12.4. The molecule has 0 aliphatic rings. The molecular weight excluding hydrogens is 352 g/mol. The Morgan fingerprint density at radius 3 is 1.38 bits per heavy atom. The number of carbonyl (C=O) groups is 1. The van der Waals surface area contributed by atoms with E-state index in [0.29, 0.717) is 6.42 Å². The predicted octanol–water partition coefficient (Wildman–Crippen LogP) is 5.07. The first kappa shape index (κ1) is 25.5. The topological polar surface area (TPSA) is 91.7 Å². The third kappa shape index (κ3) is 14.7. The van der Waals surface area contributed by atoms with E-state index in [4.69, 9.17) is 9.66 Å². The molecule has 5 nitrogen and oxygen atoms in total. The Morgan fingerprint density at radius 2 is 1.08 bits per heavy atom. The van der Waals surface area contributed by atoms with Crippen LogP contribution in [0.4, 0.5) is 0 Å². The smallest absolute Gasteiger partial charge is 0.277 e. The minimum absolute atomic E-state index is 0.100. The maximum atomic E-state index is 11.7. The summed E-state index contributed by atoms with van der Waals surface area (Å²) < 4.78 is 30.7. The summed E-state index contributed by atoms with van der Waals surface area (Å²) in [4.78, 5) is 11.7. The van der Waals surface area contributed by atoms with Gasteiger partial charge in [0.1, 0.15) is 0 Å². The van der Waals surface area contributed by atoms with Crippen molar-refractivity contribution in [1.82, 2.24) is 0 Å². The van der Waals surface area contributed by atoms with E-state index >= 15 is 0 Å². The normalized spacial score (nSPS) is 13.0. The van der Waals surface area contributed by atoms with Crippen molar-refractivity contribution in [2.75, 3.05) is 6.61 Å². The van der Waals surface area contributed by atoms with Crippen LogP contribution in [-0.4, -0.2) is 35.7 Å². The summed E-state index contributed by atoms with van der Waals surface area (Å²) in [5.74, 6) is -0.593. The van der Waals surface area contributed by atoms with Crippen molar-refractivity contribution in [2.24, 2.45) is 0 Å². The van der Waals surface area contributed by atoms with Gasteiger partial charge >= 0.3 is 0 Å². The Labute approximate surface area is 160 Å². The van der Waals surface area contributed by atoms with Crippen LogP contribution in [-0.2, 0) is 14.9 Å². The van der Waals surface area contributed by atoms with Gasteiger partial charge < -0.3 is 5.11 Å². The van der Waals surface area contributed by atoms with Gasteiger partial charge in [-0.3, -0.25) is 9.35 Å². The average molecular weight is 393 g/mol. The van der Waals surface area contributed by atoms with Crippen LogP contribution in [0.2, 0.25) is 0 Å². The lowest BCUT2D eigenvalue weighted by atomic mass is 10.0. The highest BCUT2D eigenvalue weighted by Crippen LogP contribution is 2.14. The van der Waals surface area contributed by atoms with Gasteiger partial charge in [0.15, 0.2) is 11.0 Å². The minimum atomic E-state index is -4.48. The number of hydrogen-bond acceptors (Lipinski definition) is 4. The van der Waals surface area contributed by atoms with Gasteiger partial charge in [-0.2, -0.15) is 8.42 Å². The van der Waals surface area contributed by atoms with Crippen molar-refractivity contribution in [3.8, 4) is 0 Å². The van der Waals surface area contributed by atoms with Crippen LogP contribution in [0.1, 0.15) is 110 Å². The summed E-state index contributed by atoms with van der Waals surface area (Å²) in [6, 6.07) is 0. The molecule has 0 radical (unpaired) electrons. The molecule has 0 aromatic heterocycles. The highest BCUT2D eigenvalue weighted by atomic mass is 32.2. The lowest BCUT2D eigenvalue weighted by Gasteiger charge is -2.09. The molecule has 0 saturated heterocycles. The van der Waals surface area contributed by atoms with Crippen LogP contribution < -0.4 is 0 Å². The first-order valence-corrected chi connectivity index (χ1v) is 12.0. The zero-order valence-corrected chi connectivity index (χ0v) is 17.4. The molecule has 0 bridgehead atoms. The molecule has 1 unspecified atom stereocenters. The van der Waals surface area contributed by atoms with E-state index < -0.39 is 27.8 Å². The van der Waals surface area contributed by atoms with Gasteiger partial charge in [0.05, 0.1) is 6.61 Å². The summed E-state index contributed by atoms with van der Waals surface area (Å²) in [5.41, 5.74) is 0. The van der Waals surface area contributed by atoms with Gasteiger partial charge in [-0.25, -0.2) is 0 Å². The van der Waals surface area contributed by atoms with Gasteiger partial charge in [0.25, 0.3) is 10.1 Å². The number of ketones is 1. The van der Waals surface area contributed by atoms with Crippen molar-refractivity contribution in [1.29, 1.82) is 0 Å². The first-order valence-electron chi connectivity index (χ1n) is 10.5. The summed E-state index contributed by atoms with van der Waals surface area (Å²) in [6.07, 6.45) is 18.5. The molecule has 0 aliphatic carbocycles. The van der Waals surface area contributed by atoms with Crippen molar-refractivity contribution in [3.63, 3.8) is 0 Å². The summed E-state index contributed by atoms with van der Waals surface area (Å²) >= 11 is 0. The predicted molar refractivity (Wildman–Crippen MR) is 107 cm³/mol. The fourth-order valence-electron chi connectivity index (χ4n) is 3.19. The lowest BCUT2D eigenvalue weighted by molar-refractivity contribution is -0.119. The van der Waals surface area contributed by atoms with Crippen LogP contribution in [0.3, 0.4) is 0 Å². The molecule has 0 fully saturated rings. The van der Waals surface area contributed by atoms with Crippen LogP contribution in [0.5, 0.6) is 0 Å². The van der Waals surface area contributed by atoms with Crippen LogP contribution >= 0.6 is 0 Å². The zero-order chi connectivity index (χ0) is 19.7. The van der Waals surface area contributed by atoms with Crippen LogP contribution in [0.15, 0.2) is 0 Å². The van der Waals surface area contributed by atoms with E-state index in [1.807, 2.05) is 0 Å². The monoisotopic (exact) mass is 392 g/mol. The van der Waals surface area contributed by atoms with E-state index in [0.717, 1.165) is 19.3 Å². The molecule has 0 spiro atoms. The number of hydrogen-bond donors (Lipinski definition) is 2. The van der Waals surface area contributed by atoms with E-state index in [2.05, 4.69) is 6.92 Å². The van der Waals surface area contributed by atoms with Crippen molar-refractivity contribution < 1.29 is 22.9 Å². The molecule has 0 aliphatic heterocycles. The molecule has 156 valence electrons. The third-order valence-electron chi connectivity index (χ3n) is 4.91.